The molecule has 7 aromatic carbocycles. The highest BCUT2D eigenvalue weighted by Crippen LogP contribution is 2.68. The standard InChI is InChI=1S/C50H32F2N2O/c1-49-29-42-47-46(48(49)55-45-17-9-6-14-40(45)49)37-11-3-7-15-43(37)54(47)44-16-8-5-13-39(44)50(42)38-12-4-2-10-35(38)36-27-26-34(28-41(36)50)53(32-22-18-30(51)19-23-32)33-24-20-31(52)21-25-33/h2-29,48H,1H3. The van der Waals surface area contributed by atoms with E-state index in [1.807, 2.05) is 0 Å². The number of allylic oxidation sites excluding steroid dienone is 1. The molecule has 0 amide bonds. The molecule has 5 heteroatoms. The molecule has 3 heterocycles. The van der Waals surface area contributed by atoms with Gasteiger partial charge in [-0.1, -0.05) is 91.0 Å². The van der Waals surface area contributed by atoms with Crippen molar-refractivity contribution in [1.29, 1.82) is 0 Å². The molecule has 0 saturated carbocycles. The van der Waals surface area contributed by atoms with E-state index in [1.165, 1.54) is 68.7 Å². The molecular formula is C50H32F2N2O. The summed E-state index contributed by atoms with van der Waals surface area (Å²) in [4.78, 5) is 2.08. The van der Waals surface area contributed by atoms with Gasteiger partial charge >= 0.3 is 0 Å². The van der Waals surface area contributed by atoms with E-state index in [1.54, 1.807) is 24.3 Å². The molecule has 0 radical (unpaired) electrons. The molecular weight excluding hydrogens is 683 g/mol. The minimum absolute atomic E-state index is 0.216. The average molecular weight is 715 g/mol. The smallest absolute Gasteiger partial charge is 0.139 e. The number of anilines is 3. The van der Waals surface area contributed by atoms with Gasteiger partial charge in [0.2, 0.25) is 0 Å². The Morgan fingerprint density at radius 1 is 0.582 bits per heavy atom. The normalized spacial score (nSPS) is 20.5. The second-order valence-corrected chi connectivity index (χ2v) is 15.3. The van der Waals surface area contributed by atoms with Crippen LogP contribution in [0.2, 0.25) is 0 Å². The second-order valence-electron chi connectivity index (χ2n) is 15.3. The number of fused-ring (bicyclic) bond motifs is 16. The molecule has 0 bridgehead atoms. The van der Waals surface area contributed by atoms with Gasteiger partial charge < -0.3 is 14.2 Å². The Kier molecular flexibility index (Phi) is 5.98. The maximum absolute atomic E-state index is 14.4. The lowest BCUT2D eigenvalue weighted by molar-refractivity contribution is 0.182. The minimum Gasteiger partial charge on any atom is -0.484 e. The molecule has 4 aliphatic rings. The molecule has 0 fully saturated rings. The van der Waals surface area contributed by atoms with Gasteiger partial charge in [-0.15, -0.1) is 0 Å². The summed E-state index contributed by atoms with van der Waals surface area (Å²) in [5.74, 6) is 0.291. The Hall–Kier alpha value is -6.72. The van der Waals surface area contributed by atoms with Crippen LogP contribution in [-0.2, 0) is 10.8 Å². The Balaban J connectivity index is 1.22. The molecule has 0 saturated heterocycles. The van der Waals surface area contributed by atoms with Gasteiger partial charge in [-0.3, -0.25) is 0 Å². The molecule has 0 N–H and O–H groups in total. The van der Waals surface area contributed by atoms with Crippen molar-refractivity contribution in [3.63, 3.8) is 0 Å². The van der Waals surface area contributed by atoms with Crippen molar-refractivity contribution in [3.8, 4) is 22.6 Å². The average Bonchev–Trinajstić information content (AvgIpc) is 3.83. The van der Waals surface area contributed by atoms with E-state index in [0.717, 1.165) is 45.1 Å². The number of hydrogen-bond acceptors (Lipinski definition) is 2. The zero-order chi connectivity index (χ0) is 36.6. The molecule has 3 nitrogen and oxygen atoms in total. The fourth-order valence-electron chi connectivity index (χ4n) is 10.4. The molecule has 1 spiro atoms. The van der Waals surface area contributed by atoms with E-state index in [9.17, 15) is 8.78 Å². The molecule has 1 aromatic heterocycles. The van der Waals surface area contributed by atoms with Crippen molar-refractivity contribution in [2.24, 2.45) is 0 Å². The number of hydrogen-bond donors (Lipinski definition) is 0. The summed E-state index contributed by atoms with van der Waals surface area (Å²) in [5.41, 5.74) is 14.3. The molecule has 3 atom stereocenters. The van der Waals surface area contributed by atoms with Gasteiger partial charge in [0.25, 0.3) is 0 Å². The first-order valence-corrected chi connectivity index (χ1v) is 18.8. The van der Waals surface area contributed by atoms with Crippen molar-refractivity contribution < 1.29 is 13.5 Å². The lowest BCUT2D eigenvalue weighted by atomic mass is 9.59. The maximum Gasteiger partial charge on any atom is 0.139 e. The van der Waals surface area contributed by atoms with E-state index in [4.69, 9.17) is 4.74 Å². The third kappa shape index (κ3) is 3.82. The summed E-state index contributed by atoms with van der Waals surface area (Å²) in [6.07, 6.45) is 2.31. The summed E-state index contributed by atoms with van der Waals surface area (Å²) in [7, 11) is 0. The molecule has 55 heavy (non-hydrogen) atoms. The van der Waals surface area contributed by atoms with E-state index >= 15 is 0 Å². The Labute approximate surface area is 317 Å². The molecule has 12 rings (SSSR count). The van der Waals surface area contributed by atoms with Gasteiger partial charge in [0.15, 0.2) is 0 Å². The molecule has 2 aliphatic carbocycles. The topological polar surface area (TPSA) is 17.4 Å². The van der Waals surface area contributed by atoms with Gasteiger partial charge in [-0.2, -0.15) is 0 Å². The molecule has 8 aromatic rings. The Morgan fingerprint density at radius 3 is 1.95 bits per heavy atom. The summed E-state index contributed by atoms with van der Waals surface area (Å²) < 4.78 is 38.2. The fraction of sp³-hybridized carbons (Fsp3) is 0.0800. The van der Waals surface area contributed by atoms with Crippen LogP contribution in [0.4, 0.5) is 25.8 Å². The Morgan fingerprint density at radius 2 is 1.18 bits per heavy atom. The number of ether oxygens (including phenoxy) is 1. The lowest BCUT2D eigenvalue weighted by Gasteiger charge is -2.46. The van der Waals surface area contributed by atoms with Crippen molar-refractivity contribution in [1.82, 2.24) is 4.57 Å². The Bertz CT molecular complexity index is 2920. The van der Waals surface area contributed by atoms with Crippen molar-refractivity contribution in [3.05, 3.63) is 215 Å². The maximum atomic E-state index is 14.4. The second kappa shape index (κ2) is 10.7. The van der Waals surface area contributed by atoms with Crippen LogP contribution in [-0.4, -0.2) is 4.57 Å². The first-order valence-electron chi connectivity index (χ1n) is 18.8. The first kappa shape index (κ1) is 30.7. The first-order chi connectivity index (χ1) is 27.0. The van der Waals surface area contributed by atoms with E-state index < -0.39 is 10.8 Å². The number of para-hydroxylation sites is 3. The number of benzene rings is 7. The monoisotopic (exact) mass is 714 g/mol. The third-order valence-electron chi connectivity index (χ3n) is 12.5. The minimum atomic E-state index is -0.708. The van der Waals surface area contributed by atoms with Crippen LogP contribution in [0.1, 0.15) is 46.5 Å². The van der Waals surface area contributed by atoms with Crippen LogP contribution in [0.15, 0.2) is 170 Å². The van der Waals surface area contributed by atoms with Crippen LogP contribution in [0.3, 0.4) is 0 Å². The zero-order valence-electron chi connectivity index (χ0n) is 29.8. The highest BCUT2D eigenvalue weighted by molar-refractivity contribution is 6.05. The summed E-state index contributed by atoms with van der Waals surface area (Å²) in [6.45, 7) is 2.34. The number of halogens is 2. The van der Waals surface area contributed by atoms with E-state index in [2.05, 4.69) is 138 Å². The van der Waals surface area contributed by atoms with Gasteiger partial charge in [0, 0.05) is 33.6 Å². The van der Waals surface area contributed by atoms with Gasteiger partial charge in [0.1, 0.15) is 23.5 Å². The highest BCUT2D eigenvalue weighted by Gasteiger charge is 2.59. The van der Waals surface area contributed by atoms with E-state index in [0.29, 0.717) is 0 Å². The largest absolute Gasteiger partial charge is 0.484 e. The van der Waals surface area contributed by atoms with Crippen LogP contribution >= 0.6 is 0 Å². The van der Waals surface area contributed by atoms with Crippen LogP contribution < -0.4 is 9.64 Å². The summed E-state index contributed by atoms with van der Waals surface area (Å²) >= 11 is 0. The van der Waals surface area contributed by atoms with E-state index in [-0.39, 0.29) is 17.7 Å². The van der Waals surface area contributed by atoms with Crippen LogP contribution in [0.5, 0.6) is 5.75 Å². The predicted octanol–water partition coefficient (Wildman–Crippen LogP) is 12.5. The highest BCUT2D eigenvalue weighted by atomic mass is 19.1. The van der Waals surface area contributed by atoms with Gasteiger partial charge in [-0.05, 0) is 119 Å². The number of rotatable bonds is 3. The van der Waals surface area contributed by atoms with Gasteiger partial charge in [-0.25, -0.2) is 8.78 Å². The lowest BCUT2D eigenvalue weighted by Crippen LogP contribution is -2.40. The zero-order valence-corrected chi connectivity index (χ0v) is 29.8. The van der Waals surface area contributed by atoms with Gasteiger partial charge in [0.05, 0.1) is 27.7 Å². The third-order valence-corrected chi connectivity index (χ3v) is 12.5. The summed E-state index contributed by atoms with van der Waals surface area (Å²) in [6, 6.07) is 54.6. The fourth-order valence-corrected chi connectivity index (χ4v) is 10.4. The van der Waals surface area contributed by atoms with Crippen LogP contribution in [0, 0.1) is 11.6 Å². The summed E-state index contributed by atoms with van der Waals surface area (Å²) in [5, 5.41) is 1.19. The quantitative estimate of drug-likeness (QED) is 0.181. The number of aromatic nitrogens is 1. The van der Waals surface area contributed by atoms with Crippen molar-refractivity contribution >= 4 is 33.5 Å². The molecule has 262 valence electrons. The van der Waals surface area contributed by atoms with Crippen molar-refractivity contribution in [2.45, 2.75) is 23.9 Å². The SMILES string of the molecule is CC12C=C3c4c(c5ccccc5n4-c4ccccc4C34c3ccccc3-c3ccc(N(c5ccc(F)cc5)c5ccc(F)cc5)cc34)C1Oc1ccccc12. The van der Waals surface area contributed by atoms with Crippen molar-refractivity contribution in [2.75, 3.05) is 4.90 Å². The van der Waals surface area contributed by atoms with Crippen LogP contribution in [0.25, 0.3) is 33.3 Å². The molecule has 3 unspecified atom stereocenters. The predicted molar refractivity (Wildman–Crippen MR) is 215 cm³/mol. The molecule has 2 aliphatic heterocycles. The number of nitrogens with zero attached hydrogens (tertiary/aromatic N) is 2.